The molecule has 2 atom stereocenters. The highest BCUT2D eigenvalue weighted by atomic mass is 32.2. The summed E-state index contributed by atoms with van der Waals surface area (Å²) >= 11 is 1.70. The summed E-state index contributed by atoms with van der Waals surface area (Å²) < 4.78 is 24.3. The van der Waals surface area contributed by atoms with E-state index in [-0.39, 0.29) is 17.4 Å². The Kier molecular flexibility index (Phi) is 4.25. The van der Waals surface area contributed by atoms with E-state index in [1.807, 2.05) is 0 Å². The number of hydrogen-bond donors (Lipinski definition) is 1. The van der Waals surface area contributed by atoms with Crippen molar-refractivity contribution in [2.75, 3.05) is 25.2 Å². The van der Waals surface area contributed by atoms with Gasteiger partial charge in [0.2, 0.25) is 0 Å². The van der Waals surface area contributed by atoms with Crippen molar-refractivity contribution >= 4 is 11.8 Å². The van der Waals surface area contributed by atoms with Crippen LogP contribution in [0.1, 0.15) is 11.7 Å². The van der Waals surface area contributed by atoms with Crippen LogP contribution in [0.4, 0.5) is 4.39 Å². The molecular formula is C12H15FO3S. The number of benzene rings is 1. The summed E-state index contributed by atoms with van der Waals surface area (Å²) in [7, 11) is 1.40. The Bertz CT molecular complexity index is 380. The highest BCUT2D eigenvalue weighted by Gasteiger charge is 2.27. The molecule has 0 amide bonds. The van der Waals surface area contributed by atoms with Crippen molar-refractivity contribution in [2.45, 2.75) is 12.2 Å². The summed E-state index contributed by atoms with van der Waals surface area (Å²) in [6, 6.07) is 4.75. The molecule has 1 aliphatic heterocycles. The highest BCUT2D eigenvalue weighted by Crippen LogP contribution is 2.30. The quantitative estimate of drug-likeness (QED) is 0.900. The Morgan fingerprint density at radius 1 is 1.59 bits per heavy atom. The molecule has 0 spiro atoms. The van der Waals surface area contributed by atoms with E-state index in [4.69, 9.17) is 9.47 Å². The largest absolute Gasteiger partial charge is 0.494 e. The molecule has 1 aliphatic rings. The monoisotopic (exact) mass is 258 g/mol. The predicted octanol–water partition coefficient (Wildman–Crippen LogP) is 2.00. The van der Waals surface area contributed by atoms with E-state index in [1.54, 1.807) is 23.9 Å². The lowest BCUT2D eigenvalue weighted by Gasteiger charge is -2.27. The lowest BCUT2D eigenvalue weighted by atomic mass is 10.0. The van der Waals surface area contributed by atoms with Crippen LogP contribution in [0.2, 0.25) is 0 Å². The second kappa shape index (κ2) is 5.71. The number of ether oxygens (including phenoxy) is 2. The Hall–Kier alpha value is -0.780. The van der Waals surface area contributed by atoms with Gasteiger partial charge in [0, 0.05) is 17.1 Å². The first-order chi connectivity index (χ1) is 8.24. The van der Waals surface area contributed by atoms with Gasteiger partial charge in [0.05, 0.1) is 19.8 Å². The molecule has 0 aromatic heterocycles. The van der Waals surface area contributed by atoms with E-state index in [1.165, 1.54) is 13.2 Å². The fraction of sp³-hybridized carbons (Fsp3) is 0.500. The number of methoxy groups -OCH3 is 1. The van der Waals surface area contributed by atoms with Gasteiger partial charge in [-0.2, -0.15) is 11.8 Å². The number of hydrogen-bond acceptors (Lipinski definition) is 4. The van der Waals surface area contributed by atoms with Crippen molar-refractivity contribution in [1.29, 1.82) is 0 Å². The number of aliphatic hydroxyl groups is 1. The average Bonchev–Trinajstić information content (AvgIpc) is 2.39. The van der Waals surface area contributed by atoms with Crippen LogP contribution < -0.4 is 4.74 Å². The van der Waals surface area contributed by atoms with Crippen molar-refractivity contribution in [2.24, 2.45) is 0 Å². The van der Waals surface area contributed by atoms with E-state index in [0.29, 0.717) is 12.4 Å². The first kappa shape index (κ1) is 12.7. The Morgan fingerprint density at radius 3 is 3.06 bits per heavy atom. The fourth-order valence-corrected chi connectivity index (χ4v) is 2.69. The molecule has 0 aliphatic carbocycles. The van der Waals surface area contributed by atoms with Gasteiger partial charge in [0.15, 0.2) is 11.6 Å². The maximum Gasteiger partial charge on any atom is 0.170 e. The Morgan fingerprint density at radius 2 is 2.41 bits per heavy atom. The molecule has 2 unspecified atom stereocenters. The SMILES string of the molecule is COc1cccc(C(O)C2CSCCO2)c1F. The zero-order chi connectivity index (χ0) is 12.3. The van der Waals surface area contributed by atoms with Crippen LogP contribution in [0.15, 0.2) is 18.2 Å². The lowest BCUT2D eigenvalue weighted by molar-refractivity contribution is -0.0243. The van der Waals surface area contributed by atoms with Gasteiger partial charge in [0.1, 0.15) is 6.10 Å². The molecule has 0 radical (unpaired) electrons. The molecule has 2 rings (SSSR count). The van der Waals surface area contributed by atoms with E-state index in [0.717, 1.165) is 5.75 Å². The molecule has 94 valence electrons. The van der Waals surface area contributed by atoms with Crippen LogP contribution in [0.25, 0.3) is 0 Å². The summed E-state index contributed by atoms with van der Waals surface area (Å²) in [6.07, 6.45) is -1.30. The minimum atomic E-state index is -0.946. The summed E-state index contributed by atoms with van der Waals surface area (Å²) in [5.74, 6) is 1.23. The van der Waals surface area contributed by atoms with Gasteiger partial charge in [-0.15, -0.1) is 0 Å². The summed E-state index contributed by atoms with van der Waals surface area (Å²) in [4.78, 5) is 0. The molecule has 0 saturated carbocycles. The second-order valence-corrected chi connectivity index (χ2v) is 4.94. The molecule has 1 saturated heterocycles. The van der Waals surface area contributed by atoms with E-state index < -0.39 is 11.9 Å². The van der Waals surface area contributed by atoms with Gasteiger partial charge in [-0.3, -0.25) is 0 Å². The lowest BCUT2D eigenvalue weighted by Crippen LogP contribution is -2.30. The molecule has 17 heavy (non-hydrogen) atoms. The third-order valence-corrected chi connectivity index (χ3v) is 3.75. The summed E-state index contributed by atoms with van der Waals surface area (Å²) in [5.41, 5.74) is 0.233. The van der Waals surface area contributed by atoms with Gasteiger partial charge in [-0.05, 0) is 6.07 Å². The summed E-state index contributed by atoms with van der Waals surface area (Å²) in [5, 5.41) is 10.1. The molecule has 1 aromatic rings. The van der Waals surface area contributed by atoms with E-state index in [9.17, 15) is 9.50 Å². The summed E-state index contributed by atoms with van der Waals surface area (Å²) in [6.45, 7) is 0.595. The second-order valence-electron chi connectivity index (χ2n) is 3.79. The van der Waals surface area contributed by atoms with Crippen LogP contribution >= 0.6 is 11.8 Å². The number of aliphatic hydroxyl groups excluding tert-OH is 1. The van der Waals surface area contributed by atoms with Gasteiger partial charge in [-0.25, -0.2) is 4.39 Å². The standard InChI is InChI=1S/C12H15FO3S/c1-15-9-4-2-3-8(11(9)13)12(14)10-7-17-6-5-16-10/h2-4,10,12,14H,5-7H2,1H3. The average molecular weight is 258 g/mol. The number of thioether (sulfide) groups is 1. The normalized spacial score (nSPS) is 22.2. The minimum absolute atomic E-state index is 0.144. The van der Waals surface area contributed by atoms with Crippen LogP contribution in [0.5, 0.6) is 5.75 Å². The van der Waals surface area contributed by atoms with Crippen LogP contribution in [-0.4, -0.2) is 36.4 Å². The van der Waals surface area contributed by atoms with Gasteiger partial charge >= 0.3 is 0 Å². The van der Waals surface area contributed by atoms with Crippen molar-refractivity contribution < 1.29 is 19.0 Å². The molecular weight excluding hydrogens is 243 g/mol. The van der Waals surface area contributed by atoms with Gasteiger partial charge < -0.3 is 14.6 Å². The fourth-order valence-electron chi connectivity index (χ4n) is 1.80. The van der Waals surface area contributed by atoms with Crippen molar-refractivity contribution in [3.05, 3.63) is 29.6 Å². The zero-order valence-corrected chi connectivity index (χ0v) is 10.4. The smallest absolute Gasteiger partial charge is 0.170 e. The van der Waals surface area contributed by atoms with Crippen molar-refractivity contribution in [1.82, 2.24) is 0 Å². The van der Waals surface area contributed by atoms with Gasteiger partial charge in [-0.1, -0.05) is 12.1 Å². The molecule has 1 fully saturated rings. The third kappa shape index (κ3) is 2.73. The Balaban J connectivity index is 2.20. The molecule has 1 heterocycles. The topological polar surface area (TPSA) is 38.7 Å². The number of halogens is 1. The molecule has 0 bridgehead atoms. The highest BCUT2D eigenvalue weighted by molar-refractivity contribution is 7.99. The predicted molar refractivity (Wildman–Crippen MR) is 65.0 cm³/mol. The first-order valence-electron chi connectivity index (χ1n) is 5.44. The van der Waals surface area contributed by atoms with Crippen LogP contribution in [-0.2, 0) is 4.74 Å². The van der Waals surface area contributed by atoms with Crippen molar-refractivity contribution in [3.8, 4) is 5.75 Å². The zero-order valence-electron chi connectivity index (χ0n) is 9.56. The van der Waals surface area contributed by atoms with E-state index in [2.05, 4.69) is 0 Å². The maximum atomic E-state index is 13.9. The van der Waals surface area contributed by atoms with Crippen LogP contribution in [0, 0.1) is 5.82 Å². The van der Waals surface area contributed by atoms with Gasteiger partial charge in [0.25, 0.3) is 0 Å². The minimum Gasteiger partial charge on any atom is -0.494 e. The maximum absolute atomic E-state index is 13.9. The molecule has 1 N–H and O–H groups in total. The Labute approximate surface area is 104 Å². The first-order valence-corrected chi connectivity index (χ1v) is 6.59. The number of rotatable bonds is 3. The van der Waals surface area contributed by atoms with Crippen LogP contribution in [0.3, 0.4) is 0 Å². The van der Waals surface area contributed by atoms with E-state index >= 15 is 0 Å². The molecule has 3 nitrogen and oxygen atoms in total. The molecule has 5 heteroatoms. The third-order valence-electron chi connectivity index (χ3n) is 2.73. The van der Waals surface area contributed by atoms with Crippen molar-refractivity contribution in [3.63, 3.8) is 0 Å². The molecule has 1 aromatic carbocycles.